The van der Waals surface area contributed by atoms with Gasteiger partial charge in [0.15, 0.2) is 0 Å². The van der Waals surface area contributed by atoms with Crippen molar-refractivity contribution in [3.63, 3.8) is 0 Å². The molecule has 2 rings (SSSR count). The Hall–Kier alpha value is -1.67. The number of non-ortho nitro benzene ring substituents is 1. The first-order valence-electron chi connectivity index (χ1n) is 6.31. The van der Waals surface area contributed by atoms with E-state index in [0.29, 0.717) is 5.69 Å². The van der Waals surface area contributed by atoms with Crippen molar-refractivity contribution in [3.05, 3.63) is 28.3 Å². The fourth-order valence-electron chi connectivity index (χ4n) is 1.97. The minimum atomic E-state index is -3.96. The molecule has 1 aliphatic rings. The fraction of sp³-hybridized carbons (Fsp3) is 0.500. The molecule has 1 saturated carbocycles. The number of anilines is 1. The Morgan fingerprint density at radius 1 is 1.40 bits per heavy atom. The van der Waals surface area contributed by atoms with Gasteiger partial charge in [-0.25, -0.2) is 13.6 Å². The van der Waals surface area contributed by atoms with Gasteiger partial charge in [-0.15, -0.1) is 0 Å². The Morgan fingerprint density at radius 3 is 2.55 bits per heavy atom. The maximum absolute atomic E-state index is 11.4. The van der Waals surface area contributed by atoms with E-state index in [9.17, 15) is 18.5 Å². The Balaban J connectivity index is 2.30. The zero-order chi connectivity index (χ0) is 14.9. The van der Waals surface area contributed by atoms with Gasteiger partial charge in [0, 0.05) is 31.4 Å². The molecule has 1 aliphatic carbocycles. The van der Waals surface area contributed by atoms with Crippen LogP contribution in [0, 0.1) is 16.0 Å². The molecule has 0 saturated heterocycles. The van der Waals surface area contributed by atoms with Crippen molar-refractivity contribution in [2.24, 2.45) is 11.1 Å². The van der Waals surface area contributed by atoms with Gasteiger partial charge in [0.2, 0.25) is 10.0 Å². The molecule has 0 spiro atoms. The van der Waals surface area contributed by atoms with Gasteiger partial charge in [0.1, 0.15) is 0 Å². The summed E-state index contributed by atoms with van der Waals surface area (Å²) in [6.07, 6.45) is 3.46. The summed E-state index contributed by atoms with van der Waals surface area (Å²) < 4.78 is 22.8. The fourth-order valence-corrected chi connectivity index (χ4v) is 2.54. The lowest BCUT2D eigenvalue weighted by Gasteiger charge is -2.19. The van der Waals surface area contributed by atoms with Gasteiger partial charge in [-0.3, -0.25) is 10.1 Å². The Kier molecular flexibility index (Phi) is 3.96. The number of rotatable bonds is 6. The van der Waals surface area contributed by atoms with Gasteiger partial charge in [-0.05, 0) is 18.4 Å². The van der Waals surface area contributed by atoms with Crippen molar-refractivity contribution in [2.45, 2.75) is 24.2 Å². The molecular formula is C12H17N3O4S. The molecule has 1 aromatic rings. The molecule has 0 aromatic heterocycles. The van der Waals surface area contributed by atoms with Crippen LogP contribution in [0.1, 0.15) is 19.3 Å². The van der Waals surface area contributed by atoms with Crippen molar-refractivity contribution in [1.82, 2.24) is 0 Å². The zero-order valence-electron chi connectivity index (χ0n) is 11.2. The number of hydrogen-bond donors (Lipinski definition) is 1. The predicted molar refractivity (Wildman–Crippen MR) is 75.1 cm³/mol. The molecule has 1 aromatic carbocycles. The van der Waals surface area contributed by atoms with Gasteiger partial charge in [0.25, 0.3) is 5.69 Å². The summed E-state index contributed by atoms with van der Waals surface area (Å²) >= 11 is 0. The van der Waals surface area contributed by atoms with E-state index in [1.807, 2.05) is 4.90 Å². The zero-order valence-corrected chi connectivity index (χ0v) is 12.0. The van der Waals surface area contributed by atoms with E-state index in [2.05, 4.69) is 0 Å². The standard InChI is InChI=1S/C12H17N3O4S/c1-14(5-4-9-2-3-9)10-6-11(15(16)17)8-12(7-10)20(13,18)19/h6-9H,2-5H2,1H3,(H2,13,18,19). The van der Waals surface area contributed by atoms with Gasteiger partial charge >= 0.3 is 0 Å². The number of nitro groups is 1. The van der Waals surface area contributed by atoms with Crippen LogP contribution in [0.15, 0.2) is 23.1 Å². The largest absolute Gasteiger partial charge is 0.374 e. The van der Waals surface area contributed by atoms with Gasteiger partial charge in [-0.2, -0.15) is 0 Å². The summed E-state index contributed by atoms with van der Waals surface area (Å²) in [5.74, 6) is 0.730. The molecule has 7 nitrogen and oxygen atoms in total. The third kappa shape index (κ3) is 3.67. The molecule has 8 heteroatoms. The van der Waals surface area contributed by atoms with Crippen LogP contribution in [0.25, 0.3) is 0 Å². The van der Waals surface area contributed by atoms with E-state index < -0.39 is 14.9 Å². The molecule has 0 amide bonds. The van der Waals surface area contributed by atoms with Gasteiger partial charge < -0.3 is 4.90 Å². The third-order valence-electron chi connectivity index (χ3n) is 3.43. The van der Waals surface area contributed by atoms with E-state index in [-0.39, 0.29) is 10.6 Å². The number of nitrogens with two attached hydrogens (primary N) is 1. The van der Waals surface area contributed by atoms with E-state index in [4.69, 9.17) is 5.14 Å². The van der Waals surface area contributed by atoms with Crippen LogP contribution in [-0.4, -0.2) is 26.9 Å². The van der Waals surface area contributed by atoms with Gasteiger partial charge in [0.05, 0.1) is 9.82 Å². The molecule has 0 aliphatic heterocycles. The highest BCUT2D eigenvalue weighted by Gasteiger charge is 2.22. The van der Waals surface area contributed by atoms with Crippen molar-refractivity contribution >= 4 is 21.4 Å². The number of nitro benzene ring substituents is 1. The maximum Gasteiger partial charge on any atom is 0.272 e. The Labute approximate surface area is 117 Å². The minimum absolute atomic E-state index is 0.236. The second-order valence-electron chi connectivity index (χ2n) is 5.14. The second-order valence-corrected chi connectivity index (χ2v) is 6.70. The molecule has 0 radical (unpaired) electrons. The summed E-state index contributed by atoms with van der Waals surface area (Å²) in [6.45, 7) is 0.732. The normalized spacial score (nSPS) is 15.1. The first-order chi connectivity index (χ1) is 9.27. The highest BCUT2D eigenvalue weighted by atomic mass is 32.2. The minimum Gasteiger partial charge on any atom is -0.374 e. The van der Waals surface area contributed by atoms with Crippen molar-refractivity contribution in [3.8, 4) is 0 Å². The van der Waals surface area contributed by atoms with Crippen LogP contribution in [0.5, 0.6) is 0 Å². The molecule has 0 unspecified atom stereocenters. The van der Waals surface area contributed by atoms with Crippen LogP contribution in [0.4, 0.5) is 11.4 Å². The lowest BCUT2D eigenvalue weighted by Crippen LogP contribution is -2.20. The summed E-state index contributed by atoms with van der Waals surface area (Å²) in [6, 6.07) is 3.71. The topological polar surface area (TPSA) is 107 Å². The summed E-state index contributed by atoms with van der Waals surface area (Å²) in [4.78, 5) is 11.8. The number of nitrogens with zero attached hydrogens (tertiary/aromatic N) is 2. The van der Waals surface area contributed by atoms with Crippen LogP contribution < -0.4 is 10.0 Å². The summed E-state index contributed by atoms with van der Waals surface area (Å²) in [5.41, 5.74) is 0.216. The van der Waals surface area contributed by atoms with Crippen LogP contribution >= 0.6 is 0 Å². The molecule has 1 fully saturated rings. The Morgan fingerprint density at radius 2 is 2.05 bits per heavy atom. The first-order valence-corrected chi connectivity index (χ1v) is 7.85. The molecule has 2 N–H and O–H groups in total. The molecule has 0 heterocycles. The first kappa shape index (κ1) is 14.7. The smallest absolute Gasteiger partial charge is 0.272 e. The van der Waals surface area contributed by atoms with E-state index >= 15 is 0 Å². The molecule has 0 bridgehead atoms. The molecule has 20 heavy (non-hydrogen) atoms. The Bertz CT molecular complexity index is 626. The monoisotopic (exact) mass is 299 g/mol. The lowest BCUT2D eigenvalue weighted by atomic mass is 10.2. The maximum atomic E-state index is 11.4. The number of sulfonamides is 1. The quantitative estimate of drug-likeness (QED) is 0.632. The van der Waals surface area contributed by atoms with Crippen molar-refractivity contribution in [1.29, 1.82) is 0 Å². The molecule has 110 valence electrons. The van der Waals surface area contributed by atoms with Crippen LogP contribution in [0.3, 0.4) is 0 Å². The number of hydrogen-bond acceptors (Lipinski definition) is 5. The van der Waals surface area contributed by atoms with Crippen molar-refractivity contribution < 1.29 is 13.3 Å². The third-order valence-corrected chi connectivity index (χ3v) is 4.32. The number of benzene rings is 1. The molecular weight excluding hydrogens is 282 g/mol. The number of primary sulfonamides is 1. The van der Waals surface area contributed by atoms with E-state index in [0.717, 1.165) is 24.9 Å². The molecule has 0 atom stereocenters. The highest BCUT2D eigenvalue weighted by molar-refractivity contribution is 7.89. The van der Waals surface area contributed by atoms with Crippen LogP contribution in [0.2, 0.25) is 0 Å². The predicted octanol–water partition coefficient (Wildman–Crippen LogP) is 1.48. The lowest BCUT2D eigenvalue weighted by molar-refractivity contribution is -0.385. The summed E-state index contributed by atoms with van der Waals surface area (Å²) in [5, 5.41) is 15.9. The van der Waals surface area contributed by atoms with Gasteiger partial charge in [-0.1, -0.05) is 12.8 Å². The second kappa shape index (κ2) is 5.37. The highest BCUT2D eigenvalue weighted by Crippen LogP contribution is 2.33. The summed E-state index contributed by atoms with van der Waals surface area (Å²) in [7, 11) is -2.18. The van der Waals surface area contributed by atoms with Crippen molar-refractivity contribution in [2.75, 3.05) is 18.5 Å². The van der Waals surface area contributed by atoms with E-state index in [1.165, 1.54) is 25.0 Å². The van der Waals surface area contributed by atoms with E-state index in [1.54, 1.807) is 7.05 Å². The SMILES string of the molecule is CN(CCC1CC1)c1cc([N+](=O)[O-])cc(S(N)(=O)=O)c1. The average Bonchev–Trinajstić information content (AvgIpc) is 3.18. The average molecular weight is 299 g/mol. The van der Waals surface area contributed by atoms with Crippen LogP contribution in [-0.2, 0) is 10.0 Å².